The van der Waals surface area contributed by atoms with Gasteiger partial charge in [-0.05, 0) is 38.5 Å². The summed E-state index contributed by atoms with van der Waals surface area (Å²) < 4.78 is 7.23. The van der Waals surface area contributed by atoms with Crippen LogP contribution in [0.1, 0.15) is 29.1 Å². The third-order valence-electron chi connectivity index (χ3n) is 4.45. The number of nitrogens with zero attached hydrogens (tertiary/aromatic N) is 3. The van der Waals surface area contributed by atoms with Crippen molar-refractivity contribution in [2.24, 2.45) is 0 Å². The Labute approximate surface area is 148 Å². The number of aromatic nitrogens is 2. The molecule has 0 N–H and O–H groups in total. The van der Waals surface area contributed by atoms with Crippen LogP contribution in [0.2, 0.25) is 0 Å². The van der Waals surface area contributed by atoms with E-state index in [1.165, 1.54) is 15.7 Å². The number of carbonyl (C=O) groups excluding carboxylic acids is 1. The first-order valence-corrected chi connectivity index (χ1v) is 9.12. The Balaban J connectivity index is 1.80. The van der Waals surface area contributed by atoms with Crippen molar-refractivity contribution in [1.82, 2.24) is 14.3 Å². The van der Waals surface area contributed by atoms with Crippen molar-refractivity contribution < 1.29 is 9.53 Å². The van der Waals surface area contributed by atoms with Gasteiger partial charge in [0, 0.05) is 19.3 Å². The van der Waals surface area contributed by atoms with Crippen molar-refractivity contribution in [2.75, 3.05) is 13.1 Å². The lowest BCUT2D eigenvalue weighted by Crippen LogP contribution is -2.48. The van der Waals surface area contributed by atoms with Crippen molar-refractivity contribution in [1.29, 1.82) is 0 Å². The highest BCUT2D eigenvalue weighted by Gasteiger charge is 2.28. The number of thiophene rings is 1. The lowest BCUT2D eigenvalue weighted by atomic mass is 10.2. The second kappa shape index (κ2) is 5.93. The molecule has 1 amide bonds. The van der Waals surface area contributed by atoms with E-state index in [0.717, 1.165) is 5.56 Å². The van der Waals surface area contributed by atoms with E-state index in [1.54, 1.807) is 17.2 Å². The molecule has 130 valence electrons. The smallest absolute Gasteiger partial charge is 0.266 e. The third-order valence-corrected chi connectivity index (χ3v) is 5.47. The number of morpholine rings is 1. The molecule has 1 fully saturated rings. The fourth-order valence-electron chi connectivity index (χ4n) is 3.36. The Bertz CT molecular complexity index is 1030. The minimum Gasteiger partial charge on any atom is -0.372 e. The maximum absolute atomic E-state index is 12.9. The van der Waals surface area contributed by atoms with Gasteiger partial charge in [0.2, 0.25) is 0 Å². The molecule has 0 unspecified atom stereocenters. The van der Waals surface area contributed by atoms with E-state index in [9.17, 15) is 9.59 Å². The summed E-state index contributed by atoms with van der Waals surface area (Å²) in [6.45, 7) is 6.97. The monoisotopic (exact) mass is 357 g/mol. The summed E-state index contributed by atoms with van der Waals surface area (Å²) >= 11 is 1.28. The average Bonchev–Trinajstić information content (AvgIpc) is 2.99. The minimum atomic E-state index is -0.136. The van der Waals surface area contributed by atoms with Crippen LogP contribution >= 0.6 is 11.3 Å². The zero-order valence-electron chi connectivity index (χ0n) is 14.4. The molecule has 4 rings (SSSR count). The van der Waals surface area contributed by atoms with E-state index in [-0.39, 0.29) is 23.7 Å². The van der Waals surface area contributed by atoms with Gasteiger partial charge in [0.15, 0.2) is 0 Å². The highest BCUT2D eigenvalue weighted by Crippen LogP contribution is 2.25. The number of aryl methyl sites for hydroxylation is 1. The van der Waals surface area contributed by atoms with Crippen molar-refractivity contribution in [3.8, 4) is 0 Å². The lowest BCUT2D eigenvalue weighted by molar-refractivity contribution is -0.0585. The topological polar surface area (TPSA) is 63.9 Å². The van der Waals surface area contributed by atoms with Gasteiger partial charge >= 0.3 is 0 Å². The number of hydrogen-bond acceptors (Lipinski definition) is 5. The second-order valence-corrected chi connectivity index (χ2v) is 7.63. The lowest BCUT2D eigenvalue weighted by Gasteiger charge is -2.35. The number of fused-ring (bicyclic) bond motifs is 2. The van der Waals surface area contributed by atoms with Crippen LogP contribution in [0.4, 0.5) is 0 Å². The average molecular weight is 357 g/mol. The SMILES string of the molecule is Cc1cccn2c(=O)c3cc(C(=O)N4C[C@@H](C)O[C@H](C)C4)sc3nc12. The van der Waals surface area contributed by atoms with E-state index in [1.807, 2.05) is 32.9 Å². The summed E-state index contributed by atoms with van der Waals surface area (Å²) in [5.74, 6) is -0.0600. The Hall–Kier alpha value is -2.25. The molecular weight excluding hydrogens is 338 g/mol. The standard InChI is InChI=1S/C18H19N3O3S/c1-10-5-4-6-21-15(10)19-16-13(17(21)22)7-14(25-16)18(23)20-8-11(2)24-12(3)9-20/h4-7,11-12H,8-9H2,1-3H3/t11-,12-/m1/s1. The van der Waals surface area contributed by atoms with Crippen LogP contribution in [-0.4, -0.2) is 45.5 Å². The number of carbonyl (C=O) groups is 1. The molecular formula is C18H19N3O3S. The minimum absolute atomic E-state index is 0.0102. The van der Waals surface area contributed by atoms with Crippen molar-refractivity contribution >= 4 is 33.1 Å². The number of ether oxygens (including phenoxy) is 1. The number of pyridine rings is 1. The predicted octanol–water partition coefficient (Wildman–Crippen LogP) is 2.47. The van der Waals surface area contributed by atoms with E-state index in [0.29, 0.717) is 33.8 Å². The molecule has 3 aromatic rings. The zero-order valence-corrected chi connectivity index (χ0v) is 15.2. The van der Waals surface area contributed by atoms with E-state index < -0.39 is 0 Å². The highest BCUT2D eigenvalue weighted by atomic mass is 32.1. The van der Waals surface area contributed by atoms with E-state index >= 15 is 0 Å². The molecule has 0 aromatic carbocycles. The van der Waals surface area contributed by atoms with Gasteiger partial charge < -0.3 is 9.64 Å². The van der Waals surface area contributed by atoms with Crippen LogP contribution in [0.3, 0.4) is 0 Å². The van der Waals surface area contributed by atoms with Gasteiger partial charge in [-0.3, -0.25) is 14.0 Å². The Morgan fingerprint density at radius 3 is 2.76 bits per heavy atom. The maximum Gasteiger partial charge on any atom is 0.266 e. The van der Waals surface area contributed by atoms with Crippen LogP contribution in [0.25, 0.3) is 15.9 Å². The summed E-state index contributed by atoms with van der Waals surface area (Å²) in [4.78, 5) is 33.2. The molecule has 0 radical (unpaired) electrons. The summed E-state index contributed by atoms with van der Waals surface area (Å²) in [5.41, 5.74) is 1.43. The molecule has 0 bridgehead atoms. The van der Waals surface area contributed by atoms with Gasteiger partial charge in [0.25, 0.3) is 11.5 Å². The molecule has 0 aliphatic carbocycles. The summed E-state index contributed by atoms with van der Waals surface area (Å²) in [7, 11) is 0. The molecule has 0 saturated carbocycles. The van der Waals surface area contributed by atoms with Crippen LogP contribution in [0.5, 0.6) is 0 Å². The summed E-state index contributed by atoms with van der Waals surface area (Å²) in [6, 6.07) is 5.42. The third kappa shape index (κ3) is 2.73. The first-order chi connectivity index (χ1) is 11.9. The van der Waals surface area contributed by atoms with Crippen LogP contribution < -0.4 is 5.56 Å². The molecule has 6 nitrogen and oxygen atoms in total. The van der Waals surface area contributed by atoms with Gasteiger partial charge in [-0.1, -0.05) is 6.07 Å². The van der Waals surface area contributed by atoms with Crippen molar-refractivity contribution in [3.63, 3.8) is 0 Å². The number of amides is 1. The molecule has 1 aliphatic rings. The summed E-state index contributed by atoms with van der Waals surface area (Å²) in [6.07, 6.45) is 1.73. The largest absolute Gasteiger partial charge is 0.372 e. The molecule has 1 aliphatic heterocycles. The second-order valence-electron chi connectivity index (χ2n) is 6.60. The summed E-state index contributed by atoms with van der Waals surface area (Å²) in [5, 5.41) is 0.491. The molecule has 7 heteroatoms. The van der Waals surface area contributed by atoms with Gasteiger partial charge in [-0.15, -0.1) is 11.3 Å². The van der Waals surface area contributed by atoms with Gasteiger partial charge in [-0.25, -0.2) is 4.98 Å². The molecule has 4 heterocycles. The van der Waals surface area contributed by atoms with Gasteiger partial charge in [-0.2, -0.15) is 0 Å². The number of rotatable bonds is 1. The predicted molar refractivity (Wildman–Crippen MR) is 97.5 cm³/mol. The van der Waals surface area contributed by atoms with Crippen LogP contribution in [0.15, 0.2) is 29.2 Å². The molecule has 2 atom stereocenters. The van der Waals surface area contributed by atoms with Crippen LogP contribution in [-0.2, 0) is 4.74 Å². The van der Waals surface area contributed by atoms with Gasteiger partial charge in [0.1, 0.15) is 10.5 Å². The highest BCUT2D eigenvalue weighted by molar-refractivity contribution is 7.20. The van der Waals surface area contributed by atoms with E-state index in [2.05, 4.69) is 4.98 Å². The Kier molecular flexibility index (Phi) is 3.85. The Morgan fingerprint density at radius 1 is 1.32 bits per heavy atom. The first-order valence-electron chi connectivity index (χ1n) is 8.30. The fourth-order valence-corrected chi connectivity index (χ4v) is 4.35. The zero-order chi connectivity index (χ0) is 17.7. The van der Waals surface area contributed by atoms with Crippen molar-refractivity contribution in [2.45, 2.75) is 33.0 Å². The fraction of sp³-hybridized carbons (Fsp3) is 0.389. The normalized spacial score (nSPS) is 21.2. The quantitative estimate of drug-likeness (QED) is 0.671. The van der Waals surface area contributed by atoms with E-state index in [4.69, 9.17) is 4.74 Å². The van der Waals surface area contributed by atoms with Crippen molar-refractivity contribution in [3.05, 3.63) is 45.2 Å². The van der Waals surface area contributed by atoms with Crippen LogP contribution in [0, 0.1) is 6.92 Å². The molecule has 25 heavy (non-hydrogen) atoms. The van der Waals surface area contributed by atoms with Gasteiger partial charge in [0.05, 0.1) is 22.5 Å². The number of hydrogen-bond donors (Lipinski definition) is 0. The Morgan fingerprint density at radius 2 is 2.04 bits per heavy atom. The molecule has 1 saturated heterocycles. The maximum atomic E-state index is 12.9. The first kappa shape index (κ1) is 16.2. The molecule has 0 spiro atoms. The molecule has 3 aromatic heterocycles.